The van der Waals surface area contributed by atoms with Gasteiger partial charge in [-0.05, 0) is 43.7 Å². The van der Waals surface area contributed by atoms with E-state index in [4.69, 9.17) is 0 Å². The molecule has 1 heterocycles. The molecule has 1 saturated heterocycles. The third-order valence-electron chi connectivity index (χ3n) is 2.74. The van der Waals surface area contributed by atoms with Crippen molar-refractivity contribution in [1.82, 2.24) is 10.0 Å². The summed E-state index contributed by atoms with van der Waals surface area (Å²) in [5, 5.41) is 3.13. The molecule has 102 valence electrons. The van der Waals surface area contributed by atoms with Crippen molar-refractivity contribution in [2.24, 2.45) is 0 Å². The van der Waals surface area contributed by atoms with E-state index in [0.717, 1.165) is 31.5 Å². The average Bonchev–Trinajstić information content (AvgIpc) is 2.30. The van der Waals surface area contributed by atoms with Gasteiger partial charge in [-0.25, -0.2) is 17.5 Å². The summed E-state index contributed by atoms with van der Waals surface area (Å²) in [5.41, 5.74) is 0. The summed E-state index contributed by atoms with van der Waals surface area (Å²) in [6.07, 6.45) is 1.78. The highest BCUT2D eigenvalue weighted by molar-refractivity contribution is 7.89. The highest BCUT2D eigenvalue weighted by Crippen LogP contribution is 2.12. The van der Waals surface area contributed by atoms with Crippen molar-refractivity contribution in [1.29, 1.82) is 0 Å². The van der Waals surface area contributed by atoms with Crippen molar-refractivity contribution >= 4 is 22.4 Å². The van der Waals surface area contributed by atoms with Crippen molar-refractivity contribution < 1.29 is 12.8 Å². The molecule has 1 aliphatic heterocycles. The second kappa shape index (κ2) is 6.47. The third-order valence-corrected chi connectivity index (χ3v) is 4.28. The molecule has 0 aliphatic carbocycles. The van der Waals surface area contributed by atoms with E-state index in [-0.39, 0.29) is 23.3 Å². The molecule has 1 aromatic rings. The average molecular weight is 295 g/mol. The maximum Gasteiger partial charge on any atom is 0.240 e. The zero-order chi connectivity index (χ0) is 12.3. The number of sulfonamides is 1. The van der Waals surface area contributed by atoms with Crippen LogP contribution in [0, 0.1) is 5.82 Å². The largest absolute Gasteiger partial charge is 0.315 e. The molecule has 0 bridgehead atoms. The SMILES string of the molecule is Cl.O=S(=O)(N[C@H]1CCCNC1)c1ccc(F)cc1. The first-order valence-corrected chi connectivity index (χ1v) is 7.05. The molecule has 0 radical (unpaired) electrons. The first-order valence-electron chi connectivity index (χ1n) is 5.56. The van der Waals surface area contributed by atoms with Crippen LogP contribution < -0.4 is 10.0 Å². The molecule has 1 aliphatic rings. The Bertz CT molecular complexity index is 472. The molecule has 18 heavy (non-hydrogen) atoms. The normalized spacial score (nSPS) is 20.2. The quantitative estimate of drug-likeness (QED) is 0.883. The summed E-state index contributed by atoms with van der Waals surface area (Å²) in [4.78, 5) is 0.101. The fourth-order valence-corrected chi connectivity index (χ4v) is 3.12. The molecule has 0 saturated carbocycles. The lowest BCUT2D eigenvalue weighted by atomic mass is 10.1. The van der Waals surface area contributed by atoms with Crippen molar-refractivity contribution in [3.8, 4) is 0 Å². The Balaban J connectivity index is 0.00000162. The summed E-state index contributed by atoms with van der Waals surface area (Å²) >= 11 is 0. The van der Waals surface area contributed by atoms with Crippen molar-refractivity contribution in [2.75, 3.05) is 13.1 Å². The molecule has 2 rings (SSSR count). The predicted molar refractivity (Wildman–Crippen MR) is 69.9 cm³/mol. The van der Waals surface area contributed by atoms with E-state index < -0.39 is 15.8 Å². The van der Waals surface area contributed by atoms with E-state index in [0.29, 0.717) is 6.54 Å². The van der Waals surface area contributed by atoms with Crippen LogP contribution in [-0.2, 0) is 10.0 Å². The number of halogens is 2. The number of piperidine rings is 1. The Labute approximate surface area is 112 Å². The lowest BCUT2D eigenvalue weighted by Crippen LogP contribution is -2.45. The van der Waals surface area contributed by atoms with Gasteiger partial charge in [-0.2, -0.15) is 0 Å². The predicted octanol–water partition coefficient (Wildman–Crippen LogP) is 1.28. The van der Waals surface area contributed by atoms with Crippen molar-refractivity contribution in [3.05, 3.63) is 30.1 Å². The van der Waals surface area contributed by atoms with E-state index in [2.05, 4.69) is 10.0 Å². The third kappa shape index (κ3) is 3.91. The molecule has 0 unspecified atom stereocenters. The molecular formula is C11H16ClFN2O2S. The van der Waals surface area contributed by atoms with Gasteiger partial charge in [-0.15, -0.1) is 12.4 Å². The van der Waals surface area contributed by atoms with Gasteiger partial charge in [-0.1, -0.05) is 0 Å². The van der Waals surface area contributed by atoms with Gasteiger partial charge in [0.25, 0.3) is 0 Å². The van der Waals surface area contributed by atoms with Gasteiger partial charge in [0.1, 0.15) is 5.82 Å². The zero-order valence-electron chi connectivity index (χ0n) is 9.73. The topological polar surface area (TPSA) is 58.2 Å². The van der Waals surface area contributed by atoms with Crippen LogP contribution in [0.2, 0.25) is 0 Å². The molecular weight excluding hydrogens is 279 g/mol. The van der Waals surface area contributed by atoms with E-state index in [1.165, 1.54) is 12.1 Å². The molecule has 7 heteroatoms. The highest BCUT2D eigenvalue weighted by atomic mass is 35.5. The number of hydrogen-bond acceptors (Lipinski definition) is 3. The Morgan fingerprint density at radius 2 is 1.94 bits per heavy atom. The second-order valence-corrected chi connectivity index (χ2v) is 5.83. The van der Waals surface area contributed by atoms with Crippen LogP contribution in [0.1, 0.15) is 12.8 Å². The maximum atomic E-state index is 12.7. The van der Waals surface area contributed by atoms with E-state index in [9.17, 15) is 12.8 Å². The van der Waals surface area contributed by atoms with Gasteiger partial charge in [0, 0.05) is 12.6 Å². The maximum absolute atomic E-state index is 12.7. The number of rotatable bonds is 3. The summed E-state index contributed by atoms with van der Waals surface area (Å²) in [7, 11) is -3.53. The van der Waals surface area contributed by atoms with Crippen LogP contribution in [0.4, 0.5) is 4.39 Å². The zero-order valence-corrected chi connectivity index (χ0v) is 11.4. The van der Waals surface area contributed by atoms with Crippen molar-refractivity contribution in [2.45, 2.75) is 23.8 Å². The minimum Gasteiger partial charge on any atom is -0.315 e. The lowest BCUT2D eigenvalue weighted by molar-refractivity contribution is 0.428. The van der Waals surface area contributed by atoms with Gasteiger partial charge in [-0.3, -0.25) is 0 Å². The van der Waals surface area contributed by atoms with Crippen LogP contribution in [0.3, 0.4) is 0 Å². The first kappa shape index (κ1) is 15.4. The number of nitrogens with one attached hydrogen (secondary N) is 2. The Morgan fingerprint density at radius 1 is 1.28 bits per heavy atom. The molecule has 0 amide bonds. The van der Waals surface area contributed by atoms with Crippen LogP contribution >= 0.6 is 12.4 Å². The molecule has 0 aromatic heterocycles. The van der Waals surface area contributed by atoms with Crippen LogP contribution in [-0.4, -0.2) is 27.5 Å². The standard InChI is InChI=1S/C11H15FN2O2S.ClH/c12-9-3-5-11(6-4-9)17(15,16)14-10-2-1-7-13-8-10;/h3-6,10,13-14H,1-2,7-8H2;1H/t10-;/m0./s1. The molecule has 0 spiro atoms. The van der Waals surface area contributed by atoms with Gasteiger partial charge in [0.2, 0.25) is 10.0 Å². The minimum atomic E-state index is -3.53. The van der Waals surface area contributed by atoms with Crippen LogP contribution in [0.15, 0.2) is 29.2 Å². The van der Waals surface area contributed by atoms with Crippen molar-refractivity contribution in [3.63, 3.8) is 0 Å². The number of hydrogen-bond donors (Lipinski definition) is 2. The Hall–Kier alpha value is -0.690. The van der Waals surface area contributed by atoms with Gasteiger partial charge >= 0.3 is 0 Å². The fraction of sp³-hybridized carbons (Fsp3) is 0.455. The Kier molecular flexibility index (Phi) is 5.52. The molecule has 1 fully saturated rings. The molecule has 4 nitrogen and oxygen atoms in total. The fourth-order valence-electron chi connectivity index (χ4n) is 1.85. The lowest BCUT2D eigenvalue weighted by Gasteiger charge is -2.23. The highest BCUT2D eigenvalue weighted by Gasteiger charge is 2.21. The molecule has 2 N–H and O–H groups in total. The van der Waals surface area contributed by atoms with E-state index in [1.54, 1.807) is 0 Å². The first-order chi connectivity index (χ1) is 8.08. The van der Waals surface area contributed by atoms with E-state index >= 15 is 0 Å². The van der Waals surface area contributed by atoms with E-state index in [1.807, 2.05) is 0 Å². The minimum absolute atomic E-state index is 0. The van der Waals surface area contributed by atoms with Gasteiger partial charge in [0.05, 0.1) is 4.90 Å². The monoisotopic (exact) mass is 294 g/mol. The van der Waals surface area contributed by atoms with Gasteiger partial charge in [0.15, 0.2) is 0 Å². The van der Waals surface area contributed by atoms with Crippen LogP contribution in [0.25, 0.3) is 0 Å². The molecule has 1 atom stereocenters. The van der Waals surface area contributed by atoms with Gasteiger partial charge < -0.3 is 5.32 Å². The molecule has 1 aromatic carbocycles. The summed E-state index contributed by atoms with van der Waals surface area (Å²) < 4.78 is 39.2. The Morgan fingerprint density at radius 3 is 2.50 bits per heavy atom. The summed E-state index contributed by atoms with van der Waals surface area (Å²) in [5.74, 6) is -0.441. The second-order valence-electron chi connectivity index (χ2n) is 4.12. The van der Waals surface area contributed by atoms with Crippen LogP contribution in [0.5, 0.6) is 0 Å². The summed E-state index contributed by atoms with van der Waals surface area (Å²) in [6, 6.07) is 4.75. The number of benzene rings is 1. The smallest absolute Gasteiger partial charge is 0.240 e. The summed E-state index contributed by atoms with van der Waals surface area (Å²) in [6.45, 7) is 1.56.